The maximum atomic E-state index is 12.6. The molecular formula is C40H72O14P2. The third kappa shape index (κ3) is 38.9. The van der Waals surface area contributed by atoms with Gasteiger partial charge in [0.05, 0.1) is 25.9 Å². The number of carbonyl (C=O) groups is 2. The minimum atomic E-state index is -4.87. The summed E-state index contributed by atoms with van der Waals surface area (Å²) in [6.45, 7) is 3.81. The summed E-state index contributed by atoms with van der Waals surface area (Å²) in [5, 5.41) is 19.8. The van der Waals surface area contributed by atoms with Gasteiger partial charge in [0.1, 0.15) is 12.7 Å². The molecule has 0 bridgehead atoms. The van der Waals surface area contributed by atoms with E-state index in [-0.39, 0.29) is 12.8 Å². The second-order valence-electron chi connectivity index (χ2n) is 14.2. The quantitative estimate of drug-likeness (QED) is 0.0130. The van der Waals surface area contributed by atoms with Gasteiger partial charge in [-0.15, -0.1) is 0 Å². The van der Waals surface area contributed by atoms with Crippen molar-refractivity contribution in [3.63, 3.8) is 0 Å². The van der Waals surface area contributed by atoms with Crippen molar-refractivity contribution in [3.05, 3.63) is 48.6 Å². The molecule has 14 nitrogen and oxygen atoms in total. The van der Waals surface area contributed by atoms with Crippen molar-refractivity contribution in [3.8, 4) is 0 Å². The fourth-order valence-electron chi connectivity index (χ4n) is 5.07. The van der Waals surface area contributed by atoms with Gasteiger partial charge in [0.15, 0.2) is 6.10 Å². The number of carbonyl (C=O) groups excluding carboxylic acids is 2. The Balaban J connectivity index is 4.72. The Labute approximate surface area is 335 Å². The number of aliphatic hydroxyl groups is 2. The Morgan fingerprint density at radius 1 is 0.643 bits per heavy atom. The number of esters is 2. The Morgan fingerprint density at radius 3 is 1.93 bits per heavy atom. The van der Waals surface area contributed by atoms with Gasteiger partial charge in [-0.2, -0.15) is 0 Å². The van der Waals surface area contributed by atoms with E-state index in [4.69, 9.17) is 23.8 Å². The van der Waals surface area contributed by atoms with E-state index >= 15 is 0 Å². The maximum absolute atomic E-state index is 12.6. The Bertz CT molecular complexity index is 1210. The van der Waals surface area contributed by atoms with Crippen LogP contribution >= 0.6 is 15.6 Å². The van der Waals surface area contributed by atoms with Crippen LogP contribution in [0.15, 0.2) is 48.6 Å². The highest BCUT2D eigenvalue weighted by Gasteiger charge is 2.28. The smallest absolute Gasteiger partial charge is 0.462 e. The molecule has 0 radical (unpaired) electrons. The molecule has 0 rings (SSSR count). The van der Waals surface area contributed by atoms with Crippen molar-refractivity contribution < 1.29 is 66.7 Å². The predicted octanol–water partition coefficient (Wildman–Crippen LogP) is 8.72. The van der Waals surface area contributed by atoms with Gasteiger partial charge in [0.2, 0.25) is 0 Å². The lowest BCUT2D eigenvalue weighted by Crippen LogP contribution is -2.29. The van der Waals surface area contributed by atoms with Gasteiger partial charge >= 0.3 is 27.6 Å². The van der Waals surface area contributed by atoms with Crippen LogP contribution in [0.1, 0.15) is 143 Å². The van der Waals surface area contributed by atoms with Crippen LogP contribution in [0, 0.1) is 5.92 Å². The van der Waals surface area contributed by atoms with Crippen LogP contribution in [0.25, 0.3) is 0 Å². The Morgan fingerprint density at radius 2 is 1.25 bits per heavy atom. The molecule has 0 fully saturated rings. The van der Waals surface area contributed by atoms with Crippen LogP contribution < -0.4 is 0 Å². The lowest BCUT2D eigenvalue weighted by atomic mass is 10.0. The summed E-state index contributed by atoms with van der Waals surface area (Å²) in [5.74, 6) is -0.409. The molecule has 0 spiro atoms. The average molecular weight is 839 g/mol. The molecule has 0 saturated heterocycles. The van der Waals surface area contributed by atoms with Gasteiger partial charge in [-0.05, 0) is 50.9 Å². The zero-order valence-corrected chi connectivity index (χ0v) is 35.8. The number of phosphoric acid groups is 2. The maximum Gasteiger partial charge on any atom is 0.472 e. The summed E-state index contributed by atoms with van der Waals surface area (Å²) in [5.41, 5.74) is 0. The molecule has 56 heavy (non-hydrogen) atoms. The summed E-state index contributed by atoms with van der Waals surface area (Å²) >= 11 is 0. The lowest BCUT2D eigenvalue weighted by molar-refractivity contribution is -0.161. The minimum absolute atomic E-state index is 0.0208. The van der Waals surface area contributed by atoms with Crippen molar-refractivity contribution in [1.29, 1.82) is 0 Å². The van der Waals surface area contributed by atoms with E-state index < -0.39 is 72.3 Å². The molecule has 0 aromatic rings. The van der Waals surface area contributed by atoms with Gasteiger partial charge in [0, 0.05) is 12.8 Å². The molecule has 16 heteroatoms. The SMILES string of the molecule is CCCCC/C=C\C=C/[C@H](O)C/C=C\C/C=C/CCCC(=O)O[C@H](COC(=O)CCCCCCCCCCC(C)C)COP(=O)(O)OC[C@@H](O)COP(=O)(O)O. The molecular weight excluding hydrogens is 766 g/mol. The molecule has 0 heterocycles. The van der Waals surface area contributed by atoms with E-state index in [0.717, 1.165) is 31.6 Å². The first-order chi connectivity index (χ1) is 26.6. The monoisotopic (exact) mass is 838 g/mol. The summed E-state index contributed by atoms with van der Waals surface area (Å²) < 4.78 is 47.5. The molecule has 326 valence electrons. The highest BCUT2D eigenvalue weighted by Crippen LogP contribution is 2.43. The normalized spacial score (nSPS) is 15.3. The summed E-state index contributed by atoms with van der Waals surface area (Å²) in [6.07, 6.45) is 28.8. The van der Waals surface area contributed by atoms with E-state index in [1.807, 2.05) is 36.5 Å². The molecule has 4 atom stereocenters. The van der Waals surface area contributed by atoms with Crippen LogP contribution in [0.3, 0.4) is 0 Å². The number of aliphatic hydroxyl groups excluding tert-OH is 2. The zero-order chi connectivity index (χ0) is 41.9. The van der Waals surface area contributed by atoms with Crippen LogP contribution in [0.5, 0.6) is 0 Å². The van der Waals surface area contributed by atoms with Crippen molar-refractivity contribution in [2.24, 2.45) is 5.92 Å². The molecule has 0 aliphatic rings. The summed E-state index contributed by atoms with van der Waals surface area (Å²) in [7, 11) is -9.71. The fourth-order valence-corrected chi connectivity index (χ4v) is 6.23. The second kappa shape index (κ2) is 35.0. The van der Waals surface area contributed by atoms with Gasteiger partial charge in [-0.3, -0.25) is 23.2 Å². The standard InChI is InChI=1S/C40H72O14P2/c1-4-5-6-7-11-17-22-27-36(41)28-23-18-13-10-15-20-25-30-40(44)54-38(34-53-56(48,49)52-32-37(42)31-51-55(45,46)47)33-50-39(43)29-24-19-14-9-8-12-16-21-26-35(2)3/h10-11,15,17-18,22-23,27,35-38,41-42H,4-9,12-14,16,19-21,24-26,28-34H2,1-3H3,(H,48,49)(H2,45,46,47)/b15-10+,17-11-,23-18-,27-22-/t36-,37-,38+/m0/s1. The Hall–Kier alpha value is -1.96. The number of hydrogen-bond donors (Lipinski definition) is 5. The number of phosphoric ester groups is 2. The van der Waals surface area contributed by atoms with E-state index in [9.17, 15) is 33.8 Å². The van der Waals surface area contributed by atoms with Crippen molar-refractivity contribution in [2.45, 2.75) is 161 Å². The number of unbranched alkanes of at least 4 members (excludes halogenated alkanes) is 11. The van der Waals surface area contributed by atoms with Crippen LogP contribution in [-0.2, 0) is 41.8 Å². The van der Waals surface area contributed by atoms with Crippen LogP contribution in [0.2, 0.25) is 0 Å². The predicted molar refractivity (Wildman–Crippen MR) is 217 cm³/mol. The third-order valence-corrected chi connectivity index (χ3v) is 9.66. The molecule has 0 saturated carbocycles. The van der Waals surface area contributed by atoms with E-state index in [1.165, 1.54) is 51.4 Å². The van der Waals surface area contributed by atoms with Gasteiger partial charge in [-0.1, -0.05) is 134 Å². The molecule has 0 aliphatic carbocycles. The average Bonchev–Trinajstić information content (AvgIpc) is 3.13. The number of ether oxygens (including phenoxy) is 2. The highest BCUT2D eigenvalue weighted by molar-refractivity contribution is 7.47. The molecule has 5 N–H and O–H groups in total. The first-order valence-electron chi connectivity index (χ1n) is 20.3. The van der Waals surface area contributed by atoms with E-state index in [1.54, 1.807) is 6.08 Å². The molecule has 0 aliphatic heterocycles. The fraction of sp³-hybridized carbons (Fsp3) is 0.750. The number of rotatable bonds is 37. The largest absolute Gasteiger partial charge is 0.472 e. The first-order valence-corrected chi connectivity index (χ1v) is 23.3. The van der Waals surface area contributed by atoms with Crippen LogP contribution in [0.4, 0.5) is 0 Å². The topological polar surface area (TPSA) is 216 Å². The second-order valence-corrected chi connectivity index (χ2v) is 16.9. The summed E-state index contributed by atoms with van der Waals surface area (Å²) in [4.78, 5) is 52.5. The molecule has 0 aromatic heterocycles. The highest BCUT2D eigenvalue weighted by atomic mass is 31.2. The van der Waals surface area contributed by atoms with Crippen LogP contribution in [-0.4, -0.2) is 81.6 Å². The molecule has 0 amide bonds. The van der Waals surface area contributed by atoms with Crippen molar-refractivity contribution >= 4 is 27.6 Å². The number of hydrogen-bond acceptors (Lipinski definition) is 11. The van der Waals surface area contributed by atoms with Gasteiger partial charge < -0.3 is 34.4 Å². The first kappa shape index (κ1) is 54.0. The Kier molecular flexibility index (Phi) is 33.8. The summed E-state index contributed by atoms with van der Waals surface area (Å²) in [6, 6.07) is 0. The van der Waals surface area contributed by atoms with E-state index in [0.29, 0.717) is 32.1 Å². The van der Waals surface area contributed by atoms with Gasteiger partial charge in [0.25, 0.3) is 0 Å². The van der Waals surface area contributed by atoms with E-state index in [2.05, 4.69) is 35.9 Å². The molecule has 1 unspecified atom stereocenters. The number of allylic oxidation sites excluding steroid dienone is 6. The van der Waals surface area contributed by atoms with Crippen molar-refractivity contribution in [1.82, 2.24) is 0 Å². The molecule has 0 aromatic carbocycles. The minimum Gasteiger partial charge on any atom is -0.462 e. The lowest BCUT2D eigenvalue weighted by Gasteiger charge is -2.20. The zero-order valence-electron chi connectivity index (χ0n) is 34.0. The third-order valence-electron chi connectivity index (χ3n) is 8.22. The van der Waals surface area contributed by atoms with Gasteiger partial charge in [-0.25, -0.2) is 9.13 Å². The van der Waals surface area contributed by atoms with Crippen molar-refractivity contribution in [2.75, 3.05) is 26.4 Å².